The quantitative estimate of drug-likeness (QED) is 0.827. The van der Waals surface area contributed by atoms with Crippen LogP contribution >= 0.6 is 22.6 Å². The van der Waals surface area contributed by atoms with Gasteiger partial charge in [0, 0.05) is 28.3 Å². The van der Waals surface area contributed by atoms with Crippen LogP contribution in [0.25, 0.3) is 0 Å². The summed E-state index contributed by atoms with van der Waals surface area (Å²) in [4.78, 5) is 14.2. The highest BCUT2D eigenvalue weighted by Crippen LogP contribution is 2.22. The molecule has 1 aromatic rings. The van der Waals surface area contributed by atoms with Crippen molar-refractivity contribution in [1.82, 2.24) is 4.90 Å². The van der Waals surface area contributed by atoms with Gasteiger partial charge in [0.1, 0.15) is 0 Å². The minimum Gasteiger partial charge on any atom is -0.339 e. The third kappa shape index (κ3) is 3.23. The van der Waals surface area contributed by atoms with E-state index in [1.807, 2.05) is 36.2 Å². The average Bonchev–Trinajstić information content (AvgIpc) is 2.39. The number of hydrogen-bond donors (Lipinski definition) is 1. The molecule has 0 bridgehead atoms. The molecule has 0 aliphatic heterocycles. The fourth-order valence-corrected chi connectivity index (χ4v) is 2.81. The Hall–Kier alpha value is -0.620. The SMILES string of the molecule is CN(C(=O)c1ccc(I)cc1)C1CCC(N)CC1. The van der Waals surface area contributed by atoms with Crippen LogP contribution in [0.2, 0.25) is 0 Å². The van der Waals surface area contributed by atoms with Gasteiger partial charge in [-0.25, -0.2) is 0 Å². The van der Waals surface area contributed by atoms with Crippen molar-refractivity contribution in [1.29, 1.82) is 0 Å². The molecule has 1 fully saturated rings. The number of nitrogens with zero attached hydrogens (tertiary/aromatic N) is 1. The Morgan fingerprint density at radius 3 is 2.33 bits per heavy atom. The number of rotatable bonds is 2. The first-order chi connectivity index (χ1) is 8.58. The number of amides is 1. The van der Waals surface area contributed by atoms with Gasteiger partial charge in [-0.2, -0.15) is 0 Å². The largest absolute Gasteiger partial charge is 0.339 e. The molecule has 1 aliphatic carbocycles. The van der Waals surface area contributed by atoms with Crippen LogP contribution in [0, 0.1) is 3.57 Å². The molecule has 0 radical (unpaired) electrons. The van der Waals surface area contributed by atoms with Gasteiger partial charge < -0.3 is 10.6 Å². The summed E-state index contributed by atoms with van der Waals surface area (Å²) in [7, 11) is 1.90. The van der Waals surface area contributed by atoms with Crippen molar-refractivity contribution < 1.29 is 4.79 Å². The Balaban J connectivity index is 2.02. The fraction of sp³-hybridized carbons (Fsp3) is 0.500. The molecular formula is C14H19IN2O. The van der Waals surface area contributed by atoms with Crippen LogP contribution in [-0.4, -0.2) is 29.9 Å². The molecule has 3 nitrogen and oxygen atoms in total. The fourth-order valence-electron chi connectivity index (χ4n) is 2.45. The van der Waals surface area contributed by atoms with E-state index in [-0.39, 0.29) is 5.91 Å². The maximum absolute atomic E-state index is 12.3. The minimum atomic E-state index is 0.117. The second-order valence-corrected chi connectivity index (χ2v) is 6.24. The zero-order valence-electron chi connectivity index (χ0n) is 10.6. The second-order valence-electron chi connectivity index (χ2n) is 4.99. The zero-order chi connectivity index (χ0) is 13.1. The average molecular weight is 358 g/mol. The van der Waals surface area contributed by atoms with Crippen LogP contribution in [0.15, 0.2) is 24.3 Å². The van der Waals surface area contributed by atoms with Crippen molar-refractivity contribution in [3.05, 3.63) is 33.4 Å². The van der Waals surface area contributed by atoms with Crippen molar-refractivity contribution in [3.8, 4) is 0 Å². The predicted molar refractivity (Wildman–Crippen MR) is 81.5 cm³/mol. The van der Waals surface area contributed by atoms with Crippen molar-refractivity contribution >= 4 is 28.5 Å². The predicted octanol–water partition coefficient (Wildman–Crippen LogP) is 2.63. The smallest absolute Gasteiger partial charge is 0.253 e. The van der Waals surface area contributed by atoms with E-state index in [0.717, 1.165) is 34.8 Å². The van der Waals surface area contributed by atoms with E-state index in [9.17, 15) is 4.79 Å². The van der Waals surface area contributed by atoms with Crippen molar-refractivity contribution in [2.45, 2.75) is 37.8 Å². The van der Waals surface area contributed by atoms with Gasteiger partial charge in [-0.15, -0.1) is 0 Å². The number of carbonyl (C=O) groups excluding carboxylic acids is 1. The highest BCUT2D eigenvalue weighted by Gasteiger charge is 2.25. The van der Waals surface area contributed by atoms with Crippen molar-refractivity contribution in [3.63, 3.8) is 0 Å². The molecule has 98 valence electrons. The summed E-state index contributed by atoms with van der Waals surface area (Å²) in [5.74, 6) is 0.117. The van der Waals surface area contributed by atoms with Gasteiger partial charge in [0.15, 0.2) is 0 Å². The lowest BCUT2D eigenvalue weighted by Gasteiger charge is -2.33. The second kappa shape index (κ2) is 6.02. The Morgan fingerprint density at radius 1 is 1.22 bits per heavy atom. The van der Waals surface area contributed by atoms with Crippen LogP contribution in [0.1, 0.15) is 36.0 Å². The molecule has 1 aromatic carbocycles. The molecule has 0 unspecified atom stereocenters. The van der Waals surface area contributed by atoms with E-state index in [0.29, 0.717) is 12.1 Å². The molecular weight excluding hydrogens is 339 g/mol. The number of nitrogens with two attached hydrogens (primary N) is 1. The van der Waals surface area contributed by atoms with E-state index in [1.165, 1.54) is 0 Å². The Kier molecular flexibility index (Phi) is 4.61. The summed E-state index contributed by atoms with van der Waals surface area (Å²) in [5, 5.41) is 0. The van der Waals surface area contributed by atoms with Crippen LogP contribution in [-0.2, 0) is 0 Å². The first-order valence-corrected chi connectivity index (χ1v) is 7.44. The third-order valence-electron chi connectivity index (χ3n) is 3.70. The lowest BCUT2D eigenvalue weighted by molar-refractivity contribution is 0.0690. The van der Waals surface area contributed by atoms with Gasteiger partial charge in [-0.05, 0) is 72.5 Å². The molecule has 4 heteroatoms. The Labute approximate surface area is 122 Å². The molecule has 0 heterocycles. The number of benzene rings is 1. The summed E-state index contributed by atoms with van der Waals surface area (Å²) in [5.41, 5.74) is 6.67. The molecule has 0 saturated heterocycles. The molecule has 2 N–H and O–H groups in total. The number of hydrogen-bond acceptors (Lipinski definition) is 2. The molecule has 1 saturated carbocycles. The summed E-state index contributed by atoms with van der Waals surface area (Å²) in [6, 6.07) is 8.40. The normalized spacial score (nSPS) is 23.7. The lowest BCUT2D eigenvalue weighted by Crippen LogP contribution is -2.41. The minimum absolute atomic E-state index is 0.117. The summed E-state index contributed by atoms with van der Waals surface area (Å²) < 4.78 is 1.15. The maximum atomic E-state index is 12.3. The first-order valence-electron chi connectivity index (χ1n) is 6.36. The van der Waals surface area contributed by atoms with Crippen LogP contribution in [0.4, 0.5) is 0 Å². The van der Waals surface area contributed by atoms with Gasteiger partial charge >= 0.3 is 0 Å². The Bertz CT molecular complexity index is 410. The monoisotopic (exact) mass is 358 g/mol. The highest BCUT2D eigenvalue weighted by molar-refractivity contribution is 14.1. The number of carbonyl (C=O) groups is 1. The van der Waals surface area contributed by atoms with E-state index in [4.69, 9.17) is 5.73 Å². The Morgan fingerprint density at radius 2 is 1.78 bits per heavy atom. The van der Waals surface area contributed by atoms with E-state index < -0.39 is 0 Å². The van der Waals surface area contributed by atoms with E-state index in [2.05, 4.69) is 22.6 Å². The molecule has 2 rings (SSSR count). The maximum Gasteiger partial charge on any atom is 0.253 e. The lowest BCUT2D eigenvalue weighted by atomic mass is 9.90. The molecule has 1 aliphatic rings. The third-order valence-corrected chi connectivity index (χ3v) is 4.42. The summed E-state index contributed by atoms with van der Waals surface area (Å²) >= 11 is 2.24. The van der Waals surface area contributed by atoms with Crippen LogP contribution < -0.4 is 5.73 Å². The van der Waals surface area contributed by atoms with Crippen LogP contribution in [0.5, 0.6) is 0 Å². The van der Waals surface area contributed by atoms with Crippen molar-refractivity contribution in [2.24, 2.45) is 5.73 Å². The summed E-state index contributed by atoms with van der Waals surface area (Å²) in [6.07, 6.45) is 4.09. The summed E-state index contributed by atoms with van der Waals surface area (Å²) in [6.45, 7) is 0. The first kappa shape index (κ1) is 13.8. The van der Waals surface area contributed by atoms with E-state index >= 15 is 0 Å². The molecule has 1 amide bonds. The van der Waals surface area contributed by atoms with Gasteiger partial charge in [0.05, 0.1) is 0 Å². The van der Waals surface area contributed by atoms with Crippen LogP contribution in [0.3, 0.4) is 0 Å². The van der Waals surface area contributed by atoms with E-state index in [1.54, 1.807) is 0 Å². The standard InChI is InChI=1S/C14H19IN2O/c1-17(13-8-6-12(16)7-9-13)14(18)10-2-4-11(15)5-3-10/h2-5,12-13H,6-9,16H2,1H3. The molecule has 18 heavy (non-hydrogen) atoms. The molecule has 0 aromatic heterocycles. The van der Waals surface area contributed by atoms with Gasteiger partial charge in [-0.3, -0.25) is 4.79 Å². The molecule has 0 spiro atoms. The zero-order valence-corrected chi connectivity index (χ0v) is 12.8. The molecule has 0 atom stereocenters. The van der Waals surface area contributed by atoms with Gasteiger partial charge in [0.25, 0.3) is 5.91 Å². The highest BCUT2D eigenvalue weighted by atomic mass is 127. The van der Waals surface area contributed by atoms with Gasteiger partial charge in [0.2, 0.25) is 0 Å². The van der Waals surface area contributed by atoms with Gasteiger partial charge in [-0.1, -0.05) is 0 Å². The van der Waals surface area contributed by atoms with Crippen molar-refractivity contribution in [2.75, 3.05) is 7.05 Å². The topological polar surface area (TPSA) is 46.3 Å². The number of halogens is 1.